The molecular formula is C35H29ClN6O4. The SMILES string of the molecule is Nc1cncc2c1c(-c1cccc(O)c1)nn2Cc1nc2cccc(C#CCCCCC(=O)O)c2c(=O)n1Cc1ccccc1Cl. The standard InChI is InChI=1S/C35H29ClN6O4/c36-26-14-6-5-10-24(26)20-41-30(39-28-15-8-11-22(32(28)35(41)46)9-3-1-2-4-16-31(44)45)21-42-29-19-38-18-27(37)33(29)34(40-42)23-12-7-13-25(43)17-23/h5-8,10-15,17-19,43H,1-2,4,16,20-21,37H2,(H,44,45). The molecule has 3 heterocycles. The summed E-state index contributed by atoms with van der Waals surface area (Å²) in [6, 6.07) is 19.4. The molecule has 3 aromatic carbocycles. The van der Waals surface area contributed by atoms with Gasteiger partial charge in [-0.2, -0.15) is 5.10 Å². The second-order valence-electron chi connectivity index (χ2n) is 10.8. The number of aromatic hydroxyl groups is 1. The van der Waals surface area contributed by atoms with E-state index < -0.39 is 5.97 Å². The Balaban J connectivity index is 1.48. The van der Waals surface area contributed by atoms with Crippen LogP contribution in [0.15, 0.2) is 83.9 Å². The van der Waals surface area contributed by atoms with Crippen molar-refractivity contribution in [2.75, 3.05) is 5.73 Å². The fraction of sp³-hybridized carbons (Fsp3) is 0.171. The summed E-state index contributed by atoms with van der Waals surface area (Å²) in [5.41, 5.74) is 10.2. The summed E-state index contributed by atoms with van der Waals surface area (Å²) < 4.78 is 3.29. The number of phenols is 1. The van der Waals surface area contributed by atoms with Gasteiger partial charge in [-0.05, 0) is 48.7 Å². The number of phenolic OH excluding ortho intramolecular Hbond substituents is 1. The van der Waals surface area contributed by atoms with Crippen LogP contribution in [0, 0.1) is 11.8 Å². The Kier molecular flexibility index (Phi) is 8.68. The molecule has 230 valence electrons. The predicted molar refractivity (Wildman–Crippen MR) is 178 cm³/mol. The van der Waals surface area contributed by atoms with Crippen molar-refractivity contribution >= 4 is 45.1 Å². The van der Waals surface area contributed by atoms with Crippen LogP contribution >= 0.6 is 11.6 Å². The Morgan fingerprint density at radius 1 is 0.978 bits per heavy atom. The summed E-state index contributed by atoms with van der Waals surface area (Å²) in [5, 5.41) is 25.5. The molecule has 0 saturated carbocycles. The molecule has 11 heteroatoms. The average Bonchev–Trinajstić information content (AvgIpc) is 3.41. The summed E-state index contributed by atoms with van der Waals surface area (Å²) in [6.07, 6.45) is 4.99. The largest absolute Gasteiger partial charge is 0.508 e. The molecule has 0 atom stereocenters. The molecule has 0 fully saturated rings. The van der Waals surface area contributed by atoms with Crippen LogP contribution in [0.25, 0.3) is 33.1 Å². The highest BCUT2D eigenvalue weighted by Crippen LogP contribution is 2.33. The Morgan fingerprint density at radius 3 is 2.61 bits per heavy atom. The van der Waals surface area contributed by atoms with E-state index in [9.17, 15) is 14.7 Å². The lowest BCUT2D eigenvalue weighted by Crippen LogP contribution is -2.28. The molecule has 3 aromatic heterocycles. The van der Waals surface area contributed by atoms with Crippen LogP contribution in [0.2, 0.25) is 5.02 Å². The monoisotopic (exact) mass is 632 g/mol. The number of hydrogen-bond donors (Lipinski definition) is 3. The fourth-order valence-electron chi connectivity index (χ4n) is 5.40. The van der Waals surface area contributed by atoms with E-state index in [2.05, 4.69) is 16.8 Å². The van der Waals surface area contributed by atoms with E-state index in [1.807, 2.05) is 24.3 Å². The molecule has 0 aliphatic rings. The molecule has 6 aromatic rings. The van der Waals surface area contributed by atoms with E-state index in [0.29, 0.717) is 74.4 Å². The molecule has 4 N–H and O–H groups in total. The first-order valence-corrected chi connectivity index (χ1v) is 15.0. The smallest absolute Gasteiger partial charge is 0.303 e. The maximum Gasteiger partial charge on any atom is 0.303 e. The van der Waals surface area contributed by atoms with Crippen LogP contribution in [0.1, 0.15) is 42.6 Å². The Hall–Kier alpha value is -5.66. The second kappa shape index (κ2) is 13.1. The number of rotatable bonds is 9. The maximum atomic E-state index is 14.3. The van der Waals surface area contributed by atoms with Gasteiger partial charge in [-0.25, -0.2) is 4.98 Å². The number of nitrogens with two attached hydrogens (primary N) is 1. The van der Waals surface area contributed by atoms with Crippen molar-refractivity contribution in [3.8, 4) is 28.8 Å². The molecule has 0 unspecified atom stereocenters. The van der Waals surface area contributed by atoms with E-state index in [1.54, 1.807) is 64.1 Å². The second-order valence-corrected chi connectivity index (χ2v) is 11.2. The first-order valence-electron chi connectivity index (χ1n) is 14.7. The molecule has 46 heavy (non-hydrogen) atoms. The number of carbonyl (C=O) groups is 1. The first kappa shape index (κ1) is 30.4. The zero-order valence-electron chi connectivity index (χ0n) is 24.7. The number of anilines is 1. The number of carboxylic acids is 1. The van der Waals surface area contributed by atoms with E-state index in [0.717, 1.165) is 5.56 Å². The number of benzene rings is 3. The molecular weight excluding hydrogens is 604 g/mol. The Labute approximate surface area is 268 Å². The summed E-state index contributed by atoms with van der Waals surface area (Å²) in [7, 11) is 0. The fourth-order valence-corrected chi connectivity index (χ4v) is 5.59. The number of nitrogens with zero attached hydrogens (tertiary/aromatic N) is 5. The number of carboxylic acid groups (broad SMARTS) is 1. The van der Waals surface area contributed by atoms with Gasteiger partial charge in [0, 0.05) is 29.0 Å². The van der Waals surface area contributed by atoms with Crippen molar-refractivity contribution in [2.24, 2.45) is 0 Å². The highest BCUT2D eigenvalue weighted by Gasteiger charge is 2.20. The highest BCUT2D eigenvalue weighted by atomic mass is 35.5. The number of hydrogen-bond acceptors (Lipinski definition) is 7. The van der Waals surface area contributed by atoms with Crippen molar-refractivity contribution in [1.82, 2.24) is 24.3 Å². The minimum atomic E-state index is -0.832. The average molecular weight is 633 g/mol. The lowest BCUT2D eigenvalue weighted by molar-refractivity contribution is -0.137. The van der Waals surface area contributed by atoms with Crippen LogP contribution in [-0.2, 0) is 17.9 Å². The number of halogens is 1. The number of aromatic nitrogens is 5. The van der Waals surface area contributed by atoms with Gasteiger partial charge in [-0.15, -0.1) is 0 Å². The third-order valence-electron chi connectivity index (χ3n) is 7.62. The van der Waals surface area contributed by atoms with Gasteiger partial charge in [0.05, 0.1) is 53.0 Å². The molecule has 0 aliphatic carbocycles. The van der Waals surface area contributed by atoms with Crippen molar-refractivity contribution in [3.63, 3.8) is 0 Å². The molecule has 0 radical (unpaired) electrons. The third-order valence-corrected chi connectivity index (χ3v) is 7.98. The zero-order valence-corrected chi connectivity index (χ0v) is 25.4. The predicted octanol–water partition coefficient (Wildman–Crippen LogP) is 5.84. The summed E-state index contributed by atoms with van der Waals surface area (Å²) in [5.74, 6) is 5.89. The molecule has 0 amide bonds. The van der Waals surface area contributed by atoms with E-state index in [1.165, 1.54) is 0 Å². The van der Waals surface area contributed by atoms with Gasteiger partial charge in [-0.3, -0.25) is 23.8 Å². The van der Waals surface area contributed by atoms with Gasteiger partial charge >= 0.3 is 5.97 Å². The summed E-state index contributed by atoms with van der Waals surface area (Å²) in [6.45, 7) is 0.266. The van der Waals surface area contributed by atoms with Crippen LogP contribution < -0.4 is 11.3 Å². The van der Waals surface area contributed by atoms with Crippen LogP contribution in [0.3, 0.4) is 0 Å². The van der Waals surface area contributed by atoms with Crippen LogP contribution in [0.5, 0.6) is 5.75 Å². The topological polar surface area (TPSA) is 149 Å². The maximum absolute atomic E-state index is 14.3. The Bertz CT molecular complexity index is 2230. The van der Waals surface area contributed by atoms with Gasteiger partial charge in [0.1, 0.15) is 17.3 Å². The number of aliphatic carboxylic acids is 1. The number of nitrogen functional groups attached to an aromatic ring is 1. The molecule has 10 nitrogen and oxygen atoms in total. The van der Waals surface area contributed by atoms with Gasteiger partial charge in [-0.1, -0.05) is 59.8 Å². The first-order chi connectivity index (χ1) is 22.3. The summed E-state index contributed by atoms with van der Waals surface area (Å²) in [4.78, 5) is 34.4. The van der Waals surface area contributed by atoms with Crippen molar-refractivity contribution in [2.45, 2.75) is 38.8 Å². The lowest BCUT2D eigenvalue weighted by Gasteiger charge is -2.15. The van der Waals surface area contributed by atoms with E-state index >= 15 is 0 Å². The van der Waals surface area contributed by atoms with Crippen LogP contribution in [0.4, 0.5) is 5.69 Å². The van der Waals surface area contributed by atoms with Crippen molar-refractivity contribution in [3.05, 3.63) is 111 Å². The Morgan fingerprint density at radius 2 is 1.80 bits per heavy atom. The minimum absolute atomic E-state index is 0.0942. The van der Waals surface area contributed by atoms with E-state index in [4.69, 9.17) is 32.5 Å². The molecule has 6 rings (SSSR count). The number of fused-ring (bicyclic) bond motifs is 2. The van der Waals surface area contributed by atoms with Crippen molar-refractivity contribution < 1.29 is 15.0 Å². The van der Waals surface area contributed by atoms with Gasteiger partial charge in [0.25, 0.3) is 5.56 Å². The molecule has 0 saturated heterocycles. The highest BCUT2D eigenvalue weighted by molar-refractivity contribution is 6.31. The molecule has 0 bridgehead atoms. The normalized spacial score (nSPS) is 11.1. The van der Waals surface area contributed by atoms with E-state index in [-0.39, 0.29) is 30.8 Å². The van der Waals surface area contributed by atoms with Gasteiger partial charge < -0.3 is 15.9 Å². The minimum Gasteiger partial charge on any atom is -0.508 e. The zero-order chi connectivity index (χ0) is 32.2. The van der Waals surface area contributed by atoms with Gasteiger partial charge in [0.15, 0.2) is 0 Å². The third kappa shape index (κ3) is 6.27. The number of pyridine rings is 1. The number of unbranched alkanes of at least 4 members (excludes halogenated alkanes) is 2. The van der Waals surface area contributed by atoms with Crippen molar-refractivity contribution in [1.29, 1.82) is 0 Å². The van der Waals surface area contributed by atoms with Gasteiger partial charge in [0.2, 0.25) is 0 Å². The molecule has 0 spiro atoms. The van der Waals surface area contributed by atoms with Crippen LogP contribution in [-0.4, -0.2) is 40.5 Å². The quantitative estimate of drug-likeness (QED) is 0.133. The summed E-state index contributed by atoms with van der Waals surface area (Å²) >= 11 is 6.54. The lowest BCUT2D eigenvalue weighted by atomic mass is 10.1. The molecule has 0 aliphatic heterocycles.